The van der Waals surface area contributed by atoms with E-state index < -0.39 is 0 Å². The molecule has 1 heterocycles. The average Bonchev–Trinajstić information content (AvgIpc) is 2.39. The molecule has 2 rings (SSSR count). The van der Waals surface area contributed by atoms with Crippen molar-refractivity contribution in [2.24, 2.45) is 5.41 Å². The molecule has 4 heteroatoms. The maximum absolute atomic E-state index is 12.0. The normalized spacial score (nSPS) is 17.2. The SMILES string of the molecule is CC(C)(C)C(=O)Nc1cccc(C2SCCCS2)c1. The van der Waals surface area contributed by atoms with E-state index in [1.165, 1.54) is 23.5 Å². The lowest BCUT2D eigenvalue weighted by atomic mass is 9.95. The Balaban J connectivity index is 2.08. The van der Waals surface area contributed by atoms with Gasteiger partial charge in [0.05, 0.1) is 4.58 Å². The summed E-state index contributed by atoms with van der Waals surface area (Å²) in [5.41, 5.74) is 1.86. The number of amides is 1. The van der Waals surface area contributed by atoms with Crippen molar-refractivity contribution in [1.29, 1.82) is 0 Å². The highest BCUT2D eigenvalue weighted by Crippen LogP contribution is 2.44. The van der Waals surface area contributed by atoms with Gasteiger partial charge < -0.3 is 5.32 Å². The van der Waals surface area contributed by atoms with Crippen LogP contribution in [0.1, 0.15) is 37.3 Å². The third-order valence-electron chi connectivity index (χ3n) is 2.92. The Hall–Kier alpha value is -0.610. The zero-order valence-corrected chi connectivity index (χ0v) is 13.4. The first-order chi connectivity index (χ1) is 8.97. The predicted molar refractivity (Wildman–Crippen MR) is 86.8 cm³/mol. The van der Waals surface area contributed by atoms with E-state index in [9.17, 15) is 4.79 Å². The second-order valence-electron chi connectivity index (χ2n) is 5.76. The molecule has 0 unspecified atom stereocenters. The molecule has 0 saturated carbocycles. The molecule has 104 valence electrons. The van der Waals surface area contributed by atoms with E-state index in [4.69, 9.17) is 0 Å². The summed E-state index contributed by atoms with van der Waals surface area (Å²) >= 11 is 4.00. The quantitative estimate of drug-likeness (QED) is 0.868. The fraction of sp³-hybridized carbons (Fsp3) is 0.533. The monoisotopic (exact) mass is 295 g/mol. The van der Waals surface area contributed by atoms with Crippen LogP contribution < -0.4 is 5.32 Å². The Labute approximate surface area is 124 Å². The number of carbonyl (C=O) groups excluding carboxylic acids is 1. The summed E-state index contributed by atoms with van der Waals surface area (Å²) in [7, 11) is 0. The summed E-state index contributed by atoms with van der Waals surface area (Å²) in [6, 6.07) is 8.26. The number of hydrogen-bond donors (Lipinski definition) is 1. The third-order valence-corrected chi connectivity index (χ3v) is 5.94. The molecule has 0 aliphatic carbocycles. The Bertz CT molecular complexity index is 448. The first-order valence-corrected chi connectivity index (χ1v) is 8.71. The Kier molecular flexibility index (Phi) is 4.85. The number of benzene rings is 1. The van der Waals surface area contributed by atoms with Gasteiger partial charge in [0.1, 0.15) is 0 Å². The molecule has 0 spiro atoms. The molecule has 1 saturated heterocycles. The summed E-state index contributed by atoms with van der Waals surface area (Å²) in [6.45, 7) is 5.79. The Morgan fingerprint density at radius 3 is 2.58 bits per heavy atom. The van der Waals surface area contributed by atoms with Crippen LogP contribution in [0.25, 0.3) is 0 Å². The minimum Gasteiger partial charge on any atom is -0.326 e. The minimum atomic E-state index is -0.357. The van der Waals surface area contributed by atoms with Crippen LogP contribution in [0, 0.1) is 5.41 Å². The minimum absolute atomic E-state index is 0.0635. The number of rotatable bonds is 2. The van der Waals surface area contributed by atoms with Crippen molar-refractivity contribution < 1.29 is 4.79 Å². The number of hydrogen-bond acceptors (Lipinski definition) is 3. The molecular weight excluding hydrogens is 274 g/mol. The van der Waals surface area contributed by atoms with E-state index in [0.29, 0.717) is 4.58 Å². The number of anilines is 1. The topological polar surface area (TPSA) is 29.1 Å². The van der Waals surface area contributed by atoms with Gasteiger partial charge in [0.2, 0.25) is 5.91 Å². The summed E-state index contributed by atoms with van der Waals surface area (Å²) in [5.74, 6) is 2.53. The maximum Gasteiger partial charge on any atom is 0.229 e. The Morgan fingerprint density at radius 1 is 1.26 bits per heavy atom. The molecule has 1 amide bonds. The van der Waals surface area contributed by atoms with Gasteiger partial charge in [0.15, 0.2) is 0 Å². The van der Waals surface area contributed by atoms with Crippen molar-refractivity contribution in [2.75, 3.05) is 16.8 Å². The van der Waals surface area contributed by atoms with Gasteiger partial charge in [-0.3, -0.25) is 4.79 Å². The van der Waals surface area contributed by atoms with E-state index in [2.05, 4.69) is 17.4 Å². The first kappa shape index (κ1) is 14.8. The van der Waals surface area contributed by atoms with Crippen LogP contribution in [0.4, 0.5) is 5.69 Å². The van der Waals surface area contributed by atoms with E-state index in [-0.39, 0.29) is 11.3 Å². The second kappa shape index (κ2) is 6.23. The highest BCUT2D eigenvalue weighted by atomic mass is 32.2. The third kappa shape index (κ3) is 4.18. The largest absolute Gasteiger partial charge is 0.326 e. The van der Waals surface area contributed by atoms with E-state index in [1.54, 1.807) is 0 Å². The van der Waals surface area contributed by atoms with E-state index in [0.717, 1.165) is 5.69 Å². The van der Waals surface area contributed by atoms with Gasteiger partial charge in [-0.15, -0.1) is 23.5 Å². The standard InChI is InChI=1S/C15H21NOS2/c1-15(2,3)14(17)16-12-7-4-6-11(10-12)13-18-8-5-9-19-13/h4,6-7,10,13H,5,8-9H2,1-3H3,(H,16,17). The molecule has 19 heavy (non-hydrogen) atoms. The fourth-order valence-electron chi connectivity index (χ4n) is 1.76. The maximum atomic E-state index is 12.0. The van der Waals surface area contributed by atoms with E-state index >= 15 is 0 Å². The predicted octanol–water partition coefficient (Wildman–Crippen LogP) is 4.54. The van der Waals surface area contributed by atoms with Crippen LogP contribution in [-0.4, -0.2) is 17.4 Å². The smallest absolute Gasteiger partial charge is 0.229 e. The van der Waals surface area contributed by atoms with Crippen molar-refractivity contribution in [3.63, 3.8) is 0 Å². The van der Waals surface area contributed by atoms with Gasteiger partial charge >= 0.3 is 0 Å². The van der Waals surface area contributed by atoms with Crippen LogP contribution in [0.15, 0.2) is 24.3 Å². The number of carbonyl (C=O) groups is 1. The molecule has 1 aliphatic rings. The van der Waals surface area contributed by atoms with Crippen molar-refractivity contribution in [3.8, 4) is 0 Å². The van der Waals surface area contributed by atoms with Crippen LogP contribution in [0.2, 0.25) is 0 Å². The highest BCUT2D eigenvalue weighted by molar-refractivity contribution is 8.16. The summed E-state index contributed by atoms with van der Waals surface area (Å²) in [4.78, 5) is 12.0. The average molecular weight is 295 g/mol. The van der Waals surface area contributed by atoms with Gasteiger partial charge in [-0.05, 0) is 35.6 Å². The lowest BCUT2D eigenvalue weighted by Gasteiger charge is -2.22. The second-order valence-corrected chi connectivity index (χ2v) is 8.48. The molecule has 1 aromatic rings. The Morgan fingerprint density at radius 2 is 1.95 bits per heavy atom. The van der Waals surface area contributed by atoms with Gasteiger partial charge in [0.25, 0.3) is 0 Å². The highest BCUT2D eigenvalue weighted by Gasteiger charge is 2.22. The lowest BCUT2D eigenvalue weighted by Crippen LogP contribution is -2.27. The fourth-order valence-corrected chi connectivity index (χ4v) is 4.64. The zero-order chi connectivity index (χ0) is 13.9. The van der Waals surface area contributed by atoms with Crippen LogP contribution in [0.5, 0.6) is 0 Å². The van der Waals surface area contributed by atoms with Crippen molar-refractivity contribution in [2.45, 2.75) is 31.8 Å². The lowest BCUT2D eigenvalue weighted by molar-refractivity contribution is -0.123. The van der Waals surface area contributed by atoms with Gasteiger partial charge in [-0.1, -0.05) is 32.9 Å². The van der Waals surface area contributed by atoms with Crippen molar-refractivity contribution >= 4 is 35.1 Å². The molecule has 0 aromatic heterocycles. The molecule has 0 atom stereocenters. The molecular formula is C15H21NOS2. The van der Waals surface area contributed by atoms with Crippen LogP contribution in [0.3, 0.4) is 0 Å². The number of nitrogens with one attached hydrogen (secondary N) is 1. The first-order valence-electron chi connectivity index (χ1n) is 6.61. The summed E-state index contributed by atoms with van der Waals surface area (Å²) < 4.78 is 0.514. The molecule has 2 nitrogen and oxygen atoms in total. The molecule has 1 N–H and O–H groups in total. The van der Waals surface area contributed by atoms with Gasteiger partial charge in [-0.25, -0.2) is 0 Å². The zero-order valence-electron chi connectivity index (χ0n) is 11.7. The molecule has 1 fully saturated rings. The summed E-state index contributed by atoms with van der Waals surface area (Å²) in [6.07, 6.45) is 1.30. The van der Waals surface area contributed by atoms with Gasteiger partial charge in [-0.2, -0.15) is 0 Å². The molecule has 1 aromatic carbocycles. The van der Waals surface area contributed by atoms with Crippen molar-refractivity contribution in [3.05, 3.63) is 29.8 Å². The summed E-state index contributed by atoms with van der Waals surface area (Å²) in [5, 5.41) is 3.00. The van der Waals surface area contributed by atoms with Crippen molar-refractivity contribution in [1.82, 2.24) is 0 Å². The van der Waals surface area contributed by atoms with Crippen LogP contribution >= 0.6 is 23.5 Å². The molecule has 1 aliphatic heterocycles. The number of thioether (sulfide) groups is 2. The molecule has 0 bridgehead atoms. The van der Waals surface area contributed by atoms with Crippen LogP contribution in [-0.2, 0) is 4.79 Å². The molecule has 0 radical (unpaired) electrons. The van der Waals surface area contributed by atoms with E-state index in [1.807, 2.05) is 56.4 Å². The van der Waals surface area contributed by atoms with Gasteiger partial charge in [0, 0.05) is 11.1 Å².